The number of benzene rings is 1. The summed E-state index contributed by atoms with van der Waals surface area (Å²) in [5, 5.41) is 4.54. The smallest absolute Gasteiger partial charge is 0.0725 e. The number of pyridine rings is 1. The fourth-order valence-corrected chi connectivity index (χ4v) is 3.07. The predicted octanol–water partition coefficient (Wildman–Crippen LogP) is 3.93. The molecule has 20 heavy (non-hydrogen) atoms. The molecule has 1 aromatic carbocycles. The lowest BCUT2D eigenvalue weighted by Gasteiger charge is -2.24. The van der Waals surface area contributed by atoms with Gasteiger partial charge in [0.15, 0.2) is 0 Å². The standard InChI is InChI=1S/C16H21BrN2O/c1-11(8-9-20-3)15(18-2)16-13(17)10-12-6-4-5-7-14(12)19-16/h4-7,10-11,15,18H,8-9H2,1-3H3. The van der Waals surface area contributed by atoms with Crippen LogP contribution in [-0.2, 0) is 4.74 Å². The molecule has 2 unspecified atom stereocenters. The minimum atomic E-state index is 0.212. The van der Waals surface area contributed by atoms with E-state index in [1.54, 1.807) is 7.11 Å². The maximum Gasteiger partial charge on any atom is 0.0725 e. The van der Waals surface area contributed by atoms with E-state index in [2.05, 4.69) is 46.4 Å². The van der Waals surface area contributed by atoms with Gasteiger partial charge < -0.3 is 10.1 Å². The third kappa shape index (κ3) is 3.37. The van der Waals surface area contributed by atoms with E-state index < -0.39 is 0 Å². The number of para-hydroxylation sites is 1. The molecule has 0 bridgehead atoms. The molecule has 2 rings (SSSR count). The highest BCUT2D eigenvalue weighted by molar-refractivity contribution is 9.10. The quantitative estimate of drug-likeness (QED) is 0.867. The number of fused-ring (bicyclic) bond motifs is 1. The molecule has 108 valence electrons. The van der Waals surface area contributed by atoms with Crippen molar-refractivity contribution in [2.45, 2.75) is 19.4 Å². The number of ether oxygens (including phenoxy) is 1. The van der Waals surface area contributed by atoms with E-state index in [1.165, 1.54) is 0 Å². The summed E-state index contributed by atoms with van der Waals surface area (Å²) in [7, 11) is 3.72. The van der Waals surface area contributed by atoms with Gasteiger partial charge in [0, 0.05) is 23.6 Å². The van der Waals surface area contributed by atoms with Crippen molar-refractivity contribution in [3.05, 3.63) is 40.5 Å². The Labute approximate surface area is 128 Å². The van der Waals surface area contributed by atoms with Crippen molar-refractivity contribution in [3.8, 4) is 0 Å². The summed E-state index contributed by atoms with van der Waals surface area (Å²) < 4.78 is 6.24. The first-order valence-electron chi connectivity index (χ1n) is 6.88. The summed E-state index contributed by atoms with van der Waals surface area (Å²) in [6.07, 6.45) is 1.00. The van der Waals surface area contributed by atoms with E-state index in [9.17, 15) is 0 Å². The van der Waals surface area contributed by atoms with Gasteiger partial charge in [-0.3, -0.25) is 0 Å². The Hall–Kier alpha value is -0.970. The zero-order chi connectivity index (χ0) is 14.5. The van der Waals surface area contributed by atoms with Crippen molar-refractivity contribution in [2.24, 2.45) is 5.92 Å². The molecule has 0 saturated carbocycles. The Morgan fingerprint density at radius 3 is 2.80 bits per heavy atom. The van der Waals surface area contributed by atoms with Crippen molar-refractivity contribution >= 4 is 26.8 Å². The minimum Gasteiger partial charge on any atom is -0.385 e. The Bertz CT molecular complexity index is 573. The van der Waals surface area contributed by atoms with Gasteiger partial charge in [-0.25, -0.2) is 4.98 Å². The van der Waals surface area contributed by atoms with E-state index in [4.69, 9.17) is 9.72 Å². The van der Waals surface area contributed by atoms with Crippen molar-refractivity contribution < 1.29 is 4.74 Å². The second kappa shape index (κ2) is 7.16. The van der Waals surface area contributed by atoms with Gasteiger partial charge in [0.2, 0.25) is 0 Å². The van der Waals surface area contributed by atoms with E-state index in [1.807, 2.05) is 19.2 Å². The highest BCUT2D eigenvalue weighted by Gasteiger charge is 2.21. The molecular weight excluding hydrogens is 316 g/mol. The molecule has 2 aromatic rings. The van der Waals surface area contributed by atoms with Crippen LogP contribution >= 0.6 is 15.9 Å². The lowest BCUT2D eigenvalue weighted by atomic mass is 9.95. The van der Waals surface area contributed by atoms with Gasteiger partial charge in [0.05, 0.1) is 17.3 Å². The Morgan fingerprint density at radius 1 is 1.35 bits per heavy atom. The van der Waals surface area contributed by atoms with Crippen LogP contribution < -0.4 is 5.32 Å². The maximum absolute atomic E-state index is 5.18. The van der Waals surface area contributed by atoms with Gasteiger partial charge in [0.25, 0.3) is 0 Å². The molecule has 0 fully saturated rings. The molecular formula is C16H21BrN2O. The molecule has 0 saturated heterocycles. The molecule has 0 radical (unpaired) electrons. The molecule has 0 aliphatic heterocycles. The van der Waals surface area contributed by atoms with Gasteiger partial charge >= 0.3 is 0 Å². The number of methoxy groups -OCH3 is 1. The molecule has 0 aliphatic carbocycles. The summed E-state index contributed by atoms with van der Waals surface area (Å²) in [6, 6.07) is 10.6. The Balaban J connectivity index is 2.35. The first-order chi connectivity index (χ1) is 9.67. The highest BCUT2D eigenvalue weighted by atomic mass is 79.9. The largest absolute Gasteiger partial charge is 0.385 e. The average Bonchev–Trinajstić information content (AvgIpc) is 2.46. The van der Waals surface area contributed by atoms with Crippen LogP contribution in [0.25, 0.3) is 10.9 Å². The first kappa shape index (κ1) is 15.4. The number of halogens is 1. The lowest BCUT2D eigenvalue weighted by Crippen LogP contribution is -2.25. The molecule has 0 spiro atoms. The molecule has 1 heterocycles. The summed E-state index contributed by atoms with van der Waals surface area (Å²) in [4.78, 5) is 4.82. The topological polar surface area (TPSA) is 34.2 Å². The molecule has 1 N–H and O–H groups in total. The third-order valence-corrected chi connectivity index (χ3v) is 4.29. The van der Waals surface area contributed by atoms with Gasteiger partial charge in [0.1, 0.15) is 0 Å². The van der Waals surface area contributed by atoms with Crippen molar-refractivity contribution in [1.82, 2.24) is 10.3 Å². The van der Waals surface area contributed by atoms with Crippen LogP contribution in [0.5, 0.6) is 0 Å². The number of hydrogen-bond donors (Lipinski definition) is 1. The average molecular weight is 337 g/mol. The highest BCUT2D eigenvalue weighted by Crippen LogP contribution is 2.31. The van der Waals surface area contributed by atoms with Gasteiger partial charge in [-0.2, -0.15) is 0 Å². The van der Waals surface area contributed by atoms with Crippen molar-refractivity contribution in [2.75, 3.05) is 20.8 Å². The van der Waals surface area contributed by atoms with E-state index in [0.717, 1.165) is 34.1 Å². The van der Waals surface area contributed by atoms with Crippen LogP contribution in [0.3, 0.4) is 0 Å². The molecule has 3 nitrogen and oxygen atoms in total. The zero-order valence-electron chi connectivity index (χ0n) is 12.2. The van der Waals surface area contributed by atoms with Crippen LogP contribution in [0.2, 0.25) is 0 Å². The van der Waals surface area contributed by atoms with Crippen molar-refractivity contribution in [1.29, 1.82) is 0 Å². The number of hydrogen-bond acceptors (Lipinski definition) is 3. The number of aromatic nitrogens is 1. The fraction of sp³-hybridized carbons (Fsp3) is 0.438. The van der Waals surface area contributed by atoms with E-state index >= 15 is 0 Å². The van der Waals surface area contributed by atoms with Gasteiger partial charge in [-0.1, -0.05) is 25.1 Å². The molecule has 1 aromatic heterocycles. The van der Waals surface area contributed by atoms with Crippen molar-refractivity contribution in [3.63, 3.8) is 0 Å². The van der Waals surface area contributed by atoms with Gasteiger partial charge in [-0.05, 0) is 47.4 Å². The second-order valence-electron chi connectivity index (χ2n) is 5.07. The van der Waals surface area contributed by atoms with Crippen LogP contribution in [0.15, 0.2) is 34.8 Å². The fourth-order valence-electron chi connectivity index (χ4n) is 2.48. The maximum atomic E-state index is 5.18. The summed E-state index contributed by atoms with van der Waals surface area (Å²) in [6.45, 7) is 2.99. The molecule has 0 aliphatic rings. The minimum absolute atomic E-state index is 0.212. The molecule has 2 atom stereocenters. The van der Waals surface area contributed by atoms with Crippen LogP contribution in [0, 0.1) is 5.92 Å². The monoisotopic (exact) mass is 336 g/mol. The predicted molar refractivity (Wildman–Crippen MR) is 86.9 cm³/mol. The summed E-state index contributed by atoms with van der Waals surface area (Å²) in [5.74, 6) is 0.449. The zero-order valence-corrected chi connectivity index (χ0v) is 13.8. The summed E-state index contributed by atoms with van der Waals surface area (Å²) in [5.41, 5.74) is 2.10. The number of rotatable bonds is 6. The van der Waals surface area contributed by atoms with E-state index in [-0.39, 0.29) is 6.04 Å². The normalized spacial score (nSPS) is 14.4. The summed E-state index contributed by atoms with van der Waals surface area (Å²) >= 11 is 3.66. The Morgan fingerprint density at radius 2 is 2.10 bits per heavy atom. The number of nitrogens with zero attached hydrogens (tertiary/aromatic N) is 1. The van der Waals surface area contributed by atoms with Crippen LogP contribution in [-0.4, -0.2) is 25.7 Å². The Kier molecular flexibility index (Phi) is 5.52. The van der Waals surface area contributed by atoms with E-state index in [0.29, 0.717) is 5.92 Å². The molecule has 0 amide bonds. The second-order valence-corrected chi connectivity index (χ2v) is 5.93. The van der Waals surface area contributed by atoms with Gasteiger partial charge in [-0.15, -0.1) is 0 Å². The SMILES string of the molecule is CNC(c1nc2ccccc2cc1Br)C(C)CCOC. The first-order valence-corrected chi connectivity index (χ1v) is 7.68. The third-order valence-electron chi connectivity index (χ3n) is 3.66. The molecule has 4 heteroatoms. The lowest BCUT2D eigenvalue weighted by molar-refractivity contribution is 0.171. The van der Waals surface area contributed by atoms with Crippen LogP contribution in [0.1, 0.15) is 25.1 Å². The van der Waals surface area contributed by atoms with Crippen LogP contribution in [0.4, 0.5) is 0 Å². The number of nitrogens with one attached hydrogen (secondary N) is 1.